The number of carbonyl (C=O) groups excluding carboxylic acids is 2. The van der Waals surface area contributed by atoms with Gasteiger partial charge in [0.15, 0.2) is 0 Å². The molecule has 1 aromatic heterocycles. The van der Waals surface area contributed by atoms with Crippen LogP contribution in [0, 0.1) is 6.92 Å². The Hall–Kier alpha value is -2.41. The number of benzene rings is 1. The quantitative estimate of drug-likeness (QED) is 0.908. The number of aryl methyl sites for hydroxylation is 1. The van der Waals surface area contributed by atoms with Crippen LogP contribution in [0.25, 0.3) is 10.6 Å². The first kappa shape index (κ1) is 17.0. The van der Waals surface area contributed by atoms with E-state index in [0.717, 1.165) is 16.3 Å². The van der Waals surface area contributed by atoms with Crippen LogP contribution in [0.2, 0.25) is 0 Å². The first-order valence-corrected chi connectivity index (χ1v) is 7.84. The number of thiazole rings is 1. The lowest BCUT2D eigenvalue weighted by molar-refractivity contribution is -0.127. The van der Waals surface area contributed by atoms with Crippen molar-refractivity contribution in [2.75, 3.05) is 27.7 Å². The average Bonchev–Trinajstić information content (AvgIpc) is 2.94. The van der Waals surface area contributed by atoms with Crippen LogP contribution in [0.4, 0.5) is 0 Å². The predicted octanol–water partition coefficient (Wildman–Crippen LogP) is 1.95. The second-order valence-corrected chi connectivity index (χ2v) is 6.13. The van der Waals surface area contributed by atoms with E-state index in [9.17, 15) is 9.59 Å². The lowest BCUT2D eigenvalue weighted by Gasteiger charge is -2.10. The molecular formula is C16H19N3O3S. The summed E-state index contributed by atoms with van der Waals surface area (Å²) in [6.45, 7) is 1.76. The molecule has 0 fully saturated rings. The lowest BCUT2D eigenvalue weighted by atomic mass is 10.2. The van der Waals surface area contributed by atoms with Gasteiger partial charge >= 0.3 is 0 Å². The number of nitrogens with zero attached hydrogens (tertiary/aromatic N) is 2. The summed E-state index contributed by atoms with van der Waals surface area (Å²) in [5.74, 6) is 0.327. The Kier molecular flexibility index (Phi) is 5.33. The summed E-state index contributed by atoms with van der Waals surface area (Å²) in [4.78, 5) is 30.1. The number of hydrogen-bond acceptors (Lipinski definition) is 5. The van der Waals surface area contributed by atoms with Gasteiger partial charge in [-0.2, -0.15) is 0 Å². The highest BCUT2D eigenvalue weighted by atomic mass is 32.1. The van der Waals surface area contributed by atoms with Crippen LogP contribution in [-0.4, -0.2) is 49.4 Å². The summed E-state index contributed by atoms with van der Waals surface area (Å²) in [7, 11) is 4.91. The third kappa shape index (κ3) is 4.07. The van der Waals surface area contributed by atoms with Crippen molar-refractivity contribution in [1.82, 2.24) is 15.2 Å². The lowest BCUT2D eigenvalue weighted by Crippen LogP contribution is -2.36. The Bertz CT molecular complexity index is 708. The van der Waals surface area contributed by atoms with Crippen molar-refractivity contribution in [1.29, 1.82) is 0 Å². The molecule has 0 atom stereocenters. The monoisotopic (exact) mass is 333 g/mol. The Morgan fingerprint density at radius 3 is 2.48 bits per heavy atom. The van der Waals surface area contributed by atoms with Crippen molar-refractivity contribution in [3.63, 3.8) is 0 Å². The number of rotatable bonds is 5. The maximum absolute atomic E-state index is 12.2. The predicted molar refractivity (Wildman–Crippen MR) is 89.9 cm³/mol. The van der Waals surface area contributed by atoms with E-state index < -0.39 is 0 Å². The normalized spacial score (nSPS) is 10.3. The molecule has 0 bridgehead atoms. The fourth-order valence-electron chi connectivity index (χ4n) is 1.86. The zero-order valence-electron chi connectivity index (χ0n) is 13.5. The Morgan fingerprint density at radius 1 is 1.26 bits per heavy atom. The Balaban J connectivity index is 2.13. The maximum Gasteiger partial charge on any atom is 0.263 e. The number of likely N-dealkylation sites (N-methyl/N-ethyl adjacent to an activating group) is 1. The third-order valence-electron chi connectivity index (χ3n) is 3.24. The van der Waals surface area contributed by atoms with Crippen LogP contribution in [0.15, 0.2) is 24.3 Å². The summed E-state index contributed by atoms with van der Waals surface area (Å²) >= 11 is 1.31. The van der Waals surface area contributed by atoms with E-state index in [1.807, 2.05) is 24.3 Å². The van der Waals surface area contributed by atoms with Gasteiger partial charge in [-0.25, -0.2) is 4.98 Å². The molecule has 23 heavy (non-hydrogen) atoms. The van der Waals surface area contributed by atoms with Gasteiger partial charge in [0.25, 0.3) is 5.91 Å². The van der Waals surface area contributed by atoms with Crippen molar-refractivity contribution in [2.45, 2.75) is 6.92 Å². The molecule has 0 aliphatic carbocycles. The standard InChI is InChI=1S/C16H19N3O3S/c1-10-14(15(21)17-9-13(20)19(2)3)23-16(18-10)11-5-7-12(22-4)8-6-11/h5-8H,9H2,1-4H3,(H,17,21). The molecule has 0 spiro atoms. The van der Waals surface area contributed by atoms with Gasteiger partial charge in [-0.15, -0.1) is 11.3 Å². The largest absolute Gasteiger partial charge is 0.497 e. The van der Waals surface area contributed by atoms with E-state index in [4.69, 9.17) is 4.74 Å². The van der Waals surface area contributed by atoms with Crippen molar-refractivity contribution in [2.24, 2.45) is 0 Å². The van der Waals surface area contributed by atoms with E-state index >= 15 is 0 Å². The number of amides is 2. The molecule has 2 aromatic rings. The summed E-state index contributed by atoms with van der Waals surface area (Å²) in [5.41, 5.74) is 1.57. The van der Waals surface area contributed by atoms with Crippen LogP contribution >= 0.6 is 11.3 Å². The van der Waals surface area contributed by atoms with Gasteiger partial charge in [-0.05, 0) is 31.2 Å². The van der Waals surface area contributed by atoms with E-state index in [0.29, 0.717) is 10.6 Å². The zero-order valence-corrected chi connectivity index (χ0v) is 14.4. The smallest absolute Gasteiger partial charge is 0.263 e. The number of nitrogens with one attached hydrogen (secondary N) is 1. The van der Waals surface area contributed by atoms with Crippen molar-refractivity contribution in [3.8, 4) is 16.3 Å². The second-order valence-electron chi connectivity index (χ2n) is 5.13. The van der Waals surface area contributed by atoms with Crippen LogP contribution < -0.4 is 10.1 Å². The molecule has 122 valence electrons. The minimum Gasteiger partial charge on any atom is -0.497 e. The molecule has 1 aromatic carbocycles. The zero-order chi connectivity index (χ0) is 17.0. The first-order chi connectivity index (χ1) is 10.9. The van der Waals surface area contributed by atoms with Gasteiger partial charge in [0, 0.05) is 19.7 Å². The Labute approximate surface area is 139 Å². The molecule has 2 rings (SSSR count). The fraction of sp³-hybridized carbons (Fsp3) is 0.312. The highest BCUT2D eigenvalue weighted by Gasteiger charge is 2.17. The molecule has 7 heteroatoms. The molecule has 0 unspecified atom stereocenters. The molecule has 0 saturated heterocycles. The minimum absolute atomic E-state index is 0.0267. The van der Waals surface area contributed by atoms with Gasteiger partial charge < -0.3 is 15.0 Å². The van der Waals surface area contributed by atoms with Crippen molar-refractivity contribution in [3.05, 3.63) is 34.8 Å². The maximum atomic E-state index is 12.2. The number of aromatic nitrogens is 1. The molecule has 0 radical (unpaired) electrons. The molecule has 6 nitrogen and oxygen atoms in total. The van der Waals surface area contributed by atoms with Gasteiger partial charge in [-0.3, -0.25) is 9.59 Å². The van der Waals surface area contributed by atoms with E-state index in [2.05, 4.69) is 10.3 Å². The highest BCUT2D eigenvalue weighted by Crippen LogP contribution is 2.29. The van der Waals surface area contributed by atoms with Gasteiger partial charge in [-0.1, -0.05) is 0 Å². The van der Waals surface area contributed by atoms with Gasteiger partial charge in [0.2, 0.25) is 5.91 Å². The molecule has 2 amide bonds. The molecule has 0 saturated carbocycles. The topological polar surface area (TPSA) is 71.5 Å². The first-order valence-electron chi connectivity index (χ1n) is 7.02. The number of carbonyl (C=O) groups is 2. The summed E-state index contributed by atoms with van der Waals surface area (Å²) in [6.07, 6.45) is 0. The molecular weight excluding hydrogens is 314 g/mol. The summed E-state index contributed by atoms with van der Waals surface area (Å²) < 4.78 is 5.13. The average molecular weight is 333 g/mol. The molecule has 0 aliphatic heterocycles. The van der Waals surface area contributed by atoms with Crippen molar-refractivity contribution >= 4 is 23.2 Å². The summed E-state index contributed by atoms with van der Waals surface area (Å²) in [6, 6.07) is 7.49. The minimum atomic E-state index is -0.282. The van der Waals surface area contributed by atoms with Crippen molar-refractivity contribution < 1.29 is 14.3 Å². The fourth-order valence-corrected chi connectivity index (χ4v) is 2.85. The summed E-state index contributed by atoms with van der Waals surface area (Å²) in [5, 5.41) is 3.38. The van der Waals surface area contributed by atoms with E-state index in [1.54, 1.807) is 28.1 Å². The highest BCUT2D eigenvalue weighted by molar-refractivity contribution is 7.17. The third-order valence-corrected chi connectivity index (χ3v) is 4.44. The van der Waals surface area contributed by atoms with Crippen LogP contribution in [0.1, 0.15) is 15.4 Å². The van der Waals surface area contributed by atoms with E-state index in [-0.39, 0.29) is 18.4 Å². The molecule has 0 aliphatic rings. The van der Waals surface area contributed by atoms with Crippen LogP contribution in [0.3, 0.4) is 0 Å². The molecule has 1 heterocycles. The molecule has 1 N–H and O–H groups in total. The van der Waals surface area contributed by atoms with Gasteiger partial charge in [0.05, 0.1) is 19.3 Å². The Morgan fingerprint density at radius 2 is 1.91 bits per heavy atom. The van der Waals surface area contributed by atoms with Gasteiger partial charge in [0.1, 0.15) is 15.6 Å². The van der Waals surface area contributed by atoms with E-state index in [1.165, 1.54) is 16.2 Å². The SMILES string of the molecule is COc1ccc(-c2nc(C)c(C(=O)NCC(=O)N(C)C)s2)cc1. The number of ether oxygens (including phenoxy) is 1. The van der Waals surface area contributed by atoms with Crippen LogP contribution in [-0.2, 0) is 4.79 Å². The number of hydrogen-bond donors (Lipinski definition) is 1. The second kappa shape index (κ2) is 7.23. The van der Waals surface area contributed by atoms with Crippen LogP contribution in [0.5, 0.6) is 5.75 Å². The number of methoxy groups -OCH3 is 1.